The van der Waals surface area contributed by atoms with Gasteiger partial charge in [0.05, 0.1) is 11.7 Å². The van der Waals surface area contributed by atoms with Crippen molar-refractivity contribution in [2.45, 2.75) is 65.9 Å². The van der Waals surface area contributed by atoms with Crippen molar-refractivity contribution < 1.29 is 14.6 Å². The van der Waals surface area contributed by atoms with E-state index in [1.807, 2.05) is 25.1 Å². The Labute approximate surface area is 180 Å². The Morgan fingerprint density at radius 1 is 1.27 bits per heavy atom. The summed E-state index contributed by atoms with van der Waals surface area (Å²) in [6.45, 7) is 9.18. The molecule has 3 aliphatic carbocycles. The summed E-state index contributed by atoms with van der Waals surface area (Å²) < 4.78 is 5.59. The number of fused-ring (bicyclic) bond motifs is 3. The highest BCUT2D eigenvalue weighted by molar-refractivity contribution is 5.89. The summed E-state index contributed by atoms with van der Waals surface area (Å²) >= 11 is 0. The Morgan fingerprint density at radius 2 is 2.07 bits per heavy atom. The first-order valence-electron chi connectivity index (χ1n) is 11.3. The van der Waals surface area contributed by atoms with Gasteiger partial charge in [0.2, 0.25) is 0 Å². The van der Waals surface area contributed by atoms with Crippen molar-refractivity contribution >= 4 is 5.97 Å². The molecular weight excluding hydrogens is 372 g/mol. The van der Waals surface area contributed by atoms with E-state index in [1.165, 1.54) is 24.0 Å². The maximum Gasteiger partial charge on any atom is 0.338 e. The van der Waals surface area contributed by atoms with Crippen molar-refractivity contribution in [3.8, 4) is 0 Å². The fraction of sp³-hybridized carbons (Fsp3) is 0.519. The number of esters is 1. The number of aryl methyl sites for hydroxylation is 1. The highest BCUT2D eigenvalue weighted by Crippen LogP contribution is 2.57. The maximum atomic E-state index is 12.4. The third-order valence-electron chi connectivity index (χ3n) is 7.34. The van der Waals surface area contributed by atoms with Gasteiger partial charge in [-0.2, -0.15) is 0 Å². The van der Waals surface area contributed by atoms with Crippen LogP contribution in [-0.2, 0) is 4.74 Å². The zero-order valence-corrected chi connectivity index (χ0v) is 18.7. The molecule has 3 nitrogen and oxygen atoms in total. The predicted molar refractivity (Wildman–Crippen MR) is 120 cm³/mol. The van der Waals surface area contributed by atoms with Gasteiger partial charge in [0.25, 0.3) is 0 Å². The number of ether oxygens (including phenoxy) is 1. The summed E-state index contributed by atoms with van der Waals surface area (Å²) in [5, 5.41) is 11.1. The van der Waals surface area contributed by atoms with Crippen LogP contribution in [0.3, 0.4) is 0 Å². The Hall–Kier alpha value is -2.13. The standard InChI is InChI=1S/C27H34O3/c1-17(2)21-10-12-27(4)13-11-22-23(25(21)27)9-8-19(15-24(22)28)16-30-26(29)20-7-5-6-18(3)14-20/h5-9,14,17,22,24,28H,10-13,15-16H2,1-4H3. The molecule has 0 aliphatic heterocycles. The number of carbonyl (C=O) groups excluding carboxylic acids is 1. The number of aliphatic hydroxyl groups is 1. The lowest BCUT2D eigenvalue weighted by molar-refractivity contribution is 0.0518. The lowest BCUT2D eigenvalue weighted by atomic mass is 9.64. The van der Waals surface area contributed by atoms with Crippen LogP contribution in [0.25, 0.3) is 0 Å². The largest absolute Gasteiger partial charge is 0.458 e. The fourth-order valence-corrected chi connectivity index (χ4v) is 5.64. The van der Waals surface area contributed by atoms with Gasteiger partial charge in [-0.25, -0.2) is 4.79 Å². The van der Waals surface area contributed by atoms with Crippen molar-refractivity contribution in [3.63, 3.8) is 0 Å². The summed E-state index contributed by atoms with van der Waals surface area (Å²) in [7, 11) is 0. The van der Waals surface area contributed by atoms with Gasteiger partial charge >= 0.3 is 5.97 Å². The van der Waals surface area contributed by atoms with Gasteiger partial charge in [0.15, 0.2) is 0 Å². The summed E-state index contributed by atoms with van der Waals surface area (Å²) in [6.07, 6.45) is 9.03. The summed E-state index contributed by atoms with van der Waals surface area (Å²) in [5.41, 5.74) is 7.26. The normalized spacial score (nSPS) is 28.5. The van der Waals surface area contributed by atoms with E-state index in [0.29, 0.717) is 17.9 Å². The molecule has 1 N–H and O–H groups in total. The molecule has 0 radical (unpaired) electrons. The summed E-state index contributed by atoms with van der Waals surface area (Å²) in [5.74, 6) is 0.415. The molecule has 0 aromatic heterocycles. The maximum absolute atomic E-state index is 12.4. The number of aliphatic hydroxyl groups excluding tert-OH is 1. The van der Waals surface area contributed by atoms with E-state index >= 15 is 0 Å². The number of hydrogen-bond acceptors (Lipinski definition) is 3. The molecule has 160 valence electrons. The topological polar surface area (TPSA) is 46.5 Å². The molecule has 1 fully saturated rings. The van der Waals surface area contributed by atoms with E-state index in [1.54, 1.807) is 11.6 Å². The molecule has 0 amide bonds. The van der Waals surface area contributed by atoms with E-state index in [2.05, 4.69) is 32.9 Å². The van der Waals surface area contributed by atoms with Gasteiger partial charge < -0.3 is 9.84 Å². The van der Waals surface area contributed by atoms with Gasteiger partial charge in [-0.05, 0) is 79.2 Å². The van der Waals surface area contributed by atoms with E-state index < -0.39 is 6.10 Å². The van der Waals surface area contributed by atoms with Gasteiger partial charge in [0.1, 0.15) is 6.61 Å². The Morgan fingerprint density at radius 3 is 2.80 bits per heavy atom. The third kappa shape index (κ3) is 3.92. The second kappa shape index (κ2) is 8.19. The molecular formula is C27H34O3. The number of hydrogen-bond donors (Lipinski definition) is 1. The number of benzene rings is 1. The SMILES string of the molecule is Cc1cccc(C(=O)OCC2=CC=C3C4=C(C(C)C)CCC4(C)CCC3C(O)C2)c1. The molecule has 0 saturated heterocycles. The van der Waals surface area contributed by atoms with Crippen LogP contribution in [0, 0.1) is 24.2 Å². The molecule has 0 bridgehead atoms. The fourth-order valence-electron chi connectivity index (χ4n) is 5.64. The first-order valence-corrected chi connectivity index (χ1v) is 11.3. The minimum absolute atomic E-state index is 0.182. The second-order valence-electron chi connectivity index (χ2n) is 9.92. The minimum Gasteiger partial charge on any atom is -0.458 e. The van der Waals surface area contributed by atoms with Crippen LogP contribution in [0.2, 0.25) is 0 Å². The van der Waals surface area contributed by atoms with Crippen molar-refractivity contribution in [1.29, 1.82) is 0 Å². The van der Waals surface area contributed by atoms with Gasteiger partial charge in [-0.15, -0.1) is 0 Å². The van der Waals surface area contributed by atoms with Crippen molar-refractivity contribution in [2.24, 2.45) is 17.3 Å². The predicted octanol–water partition coefficient (Wildman–Crippen LogP) is 5.93. The smallest absolute Gasteiger partial charge is 0.338 e. The number of rotatable bonds is 4. The highest BCUT2D eigenvalue weighted by atomic mass is 16.5. The lowest BCUT2D eigenvalue weighted by Crippen LogP contribution is -2.33. The van der Waals surface area contributed by atoms with Gasteiger partial charge in [-0.1, -0.05) is 56.2 Å². The molecule has 30 heavy (non-hydrogen) atoms. The van der Waals surface area contributed by atoms with E-state index in [-0.39, 0.29) is 23.9 Å². The van der Waals surface area contributed by atoms with Crippen LogP contribution in [0.4, 0.5) is 0 Å². The molecule has 1 aromatic rings. The average molecular weight is 407 g/mol. The molecule has 0 spiro atoms. The quantitative estimate of drug-likeness (QED) is 0.630. The summed E-state index contributed by atoms with van der Waals surface area (Å²) in [4.78, 5) is 12.4. The molecule has 1 saturated carbocycles. The first kappa shape index (κ1) is 21.1. The zero-order chi connectivity index (χ0) is 21.5. The third-order valence-corrected chi connectivity index (χ3v) is 7.34. The highest BCUT2D eigenvalue weighted by Gasteiger charge is 2.46. The Kier molecular flexibility index (Phi) is 5.76. The van der Waals surface area contributed by atoms with Crippen LogP contribution < -0.4 is 0 Å². The van der Waals surface area contributed by atoms with Crippen molar-refractivity contribution in [1.82, 2.24) is 0 Å². The monoisotopic (exact) mass is 406 g/mol. The van der Waals surface area contributed by atoms with Crippen molar-refractivity contribution in [3.05, 3.63) is 69.8 Å². The van der Waals surface area contributed by atoms with Crippen LogP contribution >= 0.6 is 0 Å². The first-order chi connectivity index (χ1) is 14.3. The lowest BCUT2D eigenvalue weighted by Gasteiger charge is -2.41. The van der Waals surface area contributed by atoms with Crippen LogP contribution in [0.5, 0.6) is 0 Å². The van der Waals surface area contributed by atoms with Gasteiger partial charge in [0, 0.05) is 5.92 Å². The average Bonchev–Trinajstić information content (AvgIpc) is 2.98. The zero-order valence-electron chi connectivity index (χ0n) is 18.7. The molecule has 0 heterocycles. The molecule has 3 aliphatic rings. The molecule has 4 rings (SSSR count). The van der Waals surface area contributed by atoms with E-state index in [4.69, 9.17) is 4.74 Å². The molecule has 3 atom stereocenters. The van der Waals surface area contributed by atoms with Crippen LogP contribution in [-0.4, -0.2) is 23.8 Å². The Balaban J connectivity index is 1.57. The van der Waals surface area contributed by atoms with E-state index in [9.17, 15) is 9.90 Å². The molecule has 3 unspecified atom stereocenters. The van der Waals surface area contributed by atoms with Crippen LogP contribution in [0.15, 0.2) is 58.7 Å². The van der Waals surface area contributed by atoms with Gasteiger partial charge in [-0.3, -0.25) is 0 Å². The second-order valence-corrected chi connectivity index (χ2v) is 9.92. The Bertz CT molecular complexity index is 933. The minimum atomic E-state index is -0.422. The van der Waals surface area contributed by atoms with Crippen molar-refractivity contribution in [2.75, 3.05) is 6.61 Å². The molecule has 1 aromatic carbocycles. The molecule has 3 heteroatoms. The number of carbonyl (C=O) groups is 1. The summed E-state index contributed by atoms with van der Waals surface area (Å²) in [6, 6.07) is 7.46. The number of allylic oxidation sites excluding steroid dienone is 4. The van der Waals surface area contributed by atoms with E-state index in [0.717, 1.165) is 24.0 Å². The van der Waals surface area contributed by atoms with Crippen LogP contribution in [0.1, 0.15) is 68.8 Å².